The van der Waals surface area contributed by atoms with Crippen molar-refractivity contribution in [3.63, 3.8) is 0 Å². The van der Waals surface area contributed by atoms with Crippen molar-refractivity contribution in [1.82, 2.24) is 25.2 Å². The smallest absolute Gasteiger partial charge is 0.191 e. The molecule has 0 saturated heterocycles. The Hall–Kier alpha value is -2.30. The van der Waals surface area contributed by atoms with Gasteiger partial charge in [0, 0.05) is 30.3 Å². The van der Waals surface area contributed by atoms with Crippen molar-refractivity contribution < 1.29 is 8.78 Å². The topological polar surface area (TPSA) is 66.6 Å². The van der Waals surface area contributed by atoms with Crippen LogP contribution in [0.3, 0.4) is 0 Å². The molecule has 1 aromatic carbocycles. The highest BCUT2D eigenvalue weighted by atomic mass is 127. The molecule has 0 spiro atoms. The predicted octanol–water partition coefficient (Wildman–Crippen LogP) is 3.24. The Morgan fingerprint density at radius 2 is 1.96 bits per heavy atom. The lowest BCUT2D eigenvalue weighted by molar-refractivity contribution is 0.553. The quantitative estimate of drug-likeness (QED) is 0.322. The van der Waals surface area contributed by atoms with E-state index in [0.29, 0.717) is 25.5 Å². The third-order valence-electron chi connectivity index (χ3n) is 4.59. The number of rotatable bonds is 5. The fraction of sp³-hybridized carbons (Fsp3) is 0.316. The Kier molecular flexibility index (Phi) is 6.42. The van der Waals surface area contributed by atoms with Gasteiger partial charge in [0.05, 0.1) is 0 Å². The second kappa shape index (κ2) is 8.80. The minimum absolute atomic E-state index is 0. The van der Waals surface area contributed by atoms with E-state index < -0.39 is 11.6 Å². The van der Waals surface area contributed by atoms with Crippen molar-refractivity contribution in [2.24, 2.45) is 4.99 Å². The molecule has 0 bridgehead atoms. The Bertz CT molecular complexity index is 969. The molecule has 28 heavy (non-hydrogen) atoms. The van der Waals surface area contributed by atoms with Crippen LogP contribution < -0.4 is 10.6 Å². The highest BCUT2D eigenvalue weighted by Crippen LogP contribution is 2.43. The minimum Gasteiger partial charge on any atom is -0.357 e. The summed E-state index contributed by atoms with van der Waals surface area (Å²) in [6, 6.07) is 9.61. The van der Waals surface area contributed by atoms with Gasteiger partial charge in [0.25, 0.3) is 0 Å². The first-order chi connectivity index (χ1) is 13.2. The molecule has 1 aliphatic carbocycles. The van der Waals surface area contributed by atoms with Gasteiger partial charge >= 0.3 is 0 Å². The minimum atomic E-state index is -0.499. The van der Waals surface area contributed by atoms with Gasteiger partial charge in [0.2, 0.25) is 0 Å². The molecule has 0 radical (unpaired) electrons. The zero-order valence-corrected chi connectivity index (χ0v) is 17.6. The molecule has 0 amide bonds. The van der Waals surface area contributed by atoms with Crippen molar-refractivity contribution in [3.05, 3.63) is 65.6 Å². The van der Waals surface area contributed by atoms with E-state index in [4.69, 9.17) is 0 Å². The predicted molar refractivity (Wildman–Crippen MR) is 114 cm³/mol. The van der Waals surface area contributed by atoms with Crippen molar-refractivity contribution in [2.75, 3.05) is 6.54 Å². The summed E-state index contributed by atoms with van der Waals surface area (Å²) in [6.45, 7) is 2.98. The standard InChI is InChI=1S/C19H20F2N6.HI/c1-2-22-19(23-11-17-26-25-16-8-3-4-9-27(16)17)24-15-10-12(15)18-13(20)6-5-7-14(18)21;/h3-9,12,15H,2,10-11H2,1H3,(H2,22,23,24);1H. The van der Waals surface area contributed by atoms with E-state index in [2.05, 4.69) is 25.8 Å². The first-order valence-corrected chi connectivity index (χ1v) is 8.94. The van der Waals surface area contributed by atoms with Gasteiger partial charge in [-0.05, 0) is 37.6 Å². The van der Waals surface area contributed by atoms with E-state index in [1.165, 1.54) is 18.2 Å². The fourth-order valence-electron chi connectivity index (χ4n) is 3.18. The lowest BCUT2D eigenvalue weighted by Gasteiger charge is -2.11. The van der Waals surface area contributed by atoms with Crippen LogP contribution in [0.1, 0.15) is 30.7 Å². The van der Waals surface area contributed by atoms with Crippen LogP contribution >= 0.6 is 24.0 Å². The normalized spacial score (nSPS) is 18.6. The monoisotopic (exact) mass is 498 g/mol. The third kappa shape index (κ3) is 4.23. The lowest BCUT2D eigenvalue weighted by Crippen LogP contribution is -2.39. The maximum absolute atomic E-state index is 14.0. The number of halogens is 3. The van der Waals surface area contributed by atoms with E-state index in [9.17, 15) is 8.78 Å². The molecular weight excluding hydrogens is 477 g/mol. The second-order valence-electron chi connectivity index (χ2n) is 6.47. The van der Waals surface area contributed by atoms with Gasteiger partial charge in [-0.3, -0.25) is 4.40 Å². The number of aliphatic imine (C=N–C) groups is 1. The van der Waals surface area contributed by atoms with Crippen LogP contribution in [0.2, 0.25) is 0 Å². The molecule has 1 aliphatic rings. The Morgan fingerprint density at radius 1 is 1.18 bits per heavy atom. The first-order valence-electron chi connectivity index (χ1n) is 8.94. The summed E-state index contributed by atoms with van der Waals surface area (Å²) < 4.78 is 29.8. The summed E-state index contributed by atoms with van der Waals surface area (Å²) >= 11 is 0. The highest BCUT2D eigenvalue weighted by Gasteiger charge is 2.42. The van der Waals surface area contributed by atoms with Gasteiger partial charge in [0.15, 0.2) is 17.4 Å². The summed E-state index contributed by atoms with van der Waals surface area (Å²) in [5.41, 5.74) is 0.909. The van der Waals surface area contributed by atoms with Crippen molar-refractivity contribution >= 4 is 35.6 Å². The van der Waals surface area contributed by atoms with Crippen molar-refractivity contribution in [2.45, 2.75) is 31.8 Å². The molecule has 2 aromatic heterocycles. The van der Waals surface area contributed by atoms with Crippen LogP contribution in [0, 0.1) is 11.6 Å². The Balaban J connectivity index is 0.00000225. The van der Waals surface area contributed by atoms with Crippen LogP contribution in [0.4, 0.5) is 8.78 Å². The van der Waals surface area contributed by atoms with E-state index in [-0.39, 0.29) is 41.5 Å². The molecule has 4 rings (SSSR count). The van der Waals surface area contributed by atoms with Gasteiger partial charge in [-0.1, -0.05) is 12.1 Å². The summed E-state index contributed by atoms with van der Waals surface area (Å²) in [5.74, 6) is 0.121. The number of aromatic nitrogens is 3. The van der Waals surface area contributed by atoms with E-state index in [1.54, 1.807) is 0 Å². The maximum atomic E-state index is 14.0. The van der Waals surface area contributed by atoms with Crippen LogP contribution in [-0.4, -0.2) is 33.1 Å². The fourth-order valence-corrected chi connectivity index (χ4v) is 3.18. The summed E-state index contributed by atoms with van der Waals surface area (Å²) in [5, 5.41) is 14.7. The third-order valence-corrected chi connectivity index (χ3v) is 4.59. The zero-order chi connectivity index (χ0) is 18.8. The van der Waals surface area contributed by atoms with Gasteiger partial charge in [-0.2, -0.15) is 0 Å². The molecule has 6 nitrogen and oxygen atoms in total. The molecule has 9 heteroatoms. The molecular formula is C19H21F2IN6. The maximum Gasteiger partial charge on any atom is 0.191 e. The number of hydrogen-bond acceptors (Lipinski definition) is 3. The molecule has 2 N–H and O–H groups in total. The number of pyridine rings is 1. The first kappa shape index (κ1) is 20.4. The van der Waals surface area contributed by atoms with E-state index in [1.807, 2.05) is 35.7 Å². The van der Waals surface area contributed by atoms with Crippen LogP contribution in [0.5, 0.6) is 0 Å². The number of nitrogens with zero attached hydrogens (tertiary/aromatic N) is 4. The second-order valence-corrected chi connectivity index (χ2v) is 6.47. The number of nitrogens with one attached hydrogen (secondary N) is 2. The SMILES string of the molecule is CCNC(=NCc1nnc2ccccn12)NC1CC1c1c(F)cccc1F.I. The lowest BCUT2D eigenvalue weighted by atomic mass is 10.1. The molecule has 1 fully saturated rings. The largest absolute Gasteiger partial charge is 0.357 e. The summed E-state index contributed by atoms with van der Waals surface area (Å²) in [6.07, 6.45) is 2.55. The molecule has 1 saturated carbocycles. The van der Waals surface area contributed by atoms with Gasteiger partial charge in [-0.25, -0.2) is 13.8 Å². The molecule has 2 heterocycles. The number of fused-ring (bicyclic) bond motifs is 1. The zero-order valence-electron chi connectivity index (χ0n) is 15.3. The Morgan fingerprint density at radius 3 is 2.71 bits per heavy atom. The van der Waals surface area contributed by atoms with Crippen LogP contribution in [-0.2, 0) is 6.54 Å². The van der Waals surface area contributed by atoms with Gasteiger partial charge in [-0.15, -0.1) is 34.2 Å². The number of benzene rings is 1. The molecule has 0 aliphatic heterocycles. The van der Waals surface area contributed by atoms with Crippen LogP contribution in [0.15, 0.2) is 47.6 Å². The average molecular weight is 498 g/mol. The Labute approximate surface area is 178 Å². The van der Waals surface area contributed by atoms with E-state index >= 15 is 0 Å². The molecule has 2 unspecified atom stereocenters. The summed E-state index contributed by atoms with van der Waals surface area (Å²) in [4.78, 5) is 4.54. The van der Waals surface area contributed by atoms with Gasteiger partial charge < -0.3 is 10.6 Å². The van der Waals surface area contributed by atoms with Crippen LogP contribution in [0.25, 0.3) is 5.65 Å². The van der Waals surface area contributed by atoms with Gasteiger partial charge in [0.1, 0.15) is 18.2 Å². The van der Waals surface area contributed by atoms with E-state index in [0.717, 1.165) is 11.5 Å². The molecule has 148 valence electrons. The average Bonchev–Trinajstić information content (AvgIpc) is 3.27. The van der Waals surface area contributed by atoms with Crippen molar-refractivity contribution in [1.29, 1.82) is 0 Å². The number of guanidine groups is 1. The molecule has 3 aromatic rings. The van der Waals surface area contributed by atoms with Crippen molar-refractivity contribution in [3.8, 4) is 0 Å². The molecule has 2 atom stereocenters. The summed E-state index contributed by atoms with van der Waals surface area (Å²) in [7, 11) is 0. The number of hydrogen-bond donors (Lipinski definition) is 2. The highest BCUT2D eigenvalue weighted by molar-refractivity contribution is 14.0.